The first-order valence-corrected chi connectivity index (χ1v) is 11.0. The predicted octanol–water partition coefficient (Wildman–Crippen LogP) is 6.37. The number of rotatable bonds is 4. The van der Waals surface area contributed by atoms with Gasteiger partial charge in [0.2, 0.25) is 0 Å². The van der Waals surface area contributed by atoms with Crippen LogP contribution in [-0.2, 0) is 4.79 Å². The Hall–Kier alpha value is -4.05. The van der Waals surface area contributed by atoms with Gasteiger partial charge in [-0.25, -0.2) is 0 Å². The summed E-state index contributed by atoms with van der Waals surface area (Å²) in [4.78, 5) is 11.3. The van der Waals surface area contributed by atoms with Crippen molar-refractivity contribution >= 4 is 5.97 Å². The van der Waals surface area contributed by atoms with Crippen molar-refractivity contribution < 1.29 is 19.4 Å². The SMILES string of the molecule is CC(=O)Oc1ccc([C@@H]2Oc3ccccc3[C@H](c3ccc(O)cc3)[C@H]2c2ccccc2)cc1. The topological polar surface area (TPSA) is 55.8 Å². The number of fused-ring (bicyclic) bond motifs is 1. The summed E-state index contributed by atoms with van der Waals surface area (Å²) in [6.07, 6.45) is -0.257. The molecule has 0 saturated heterocycles. The minimum Gasteiger partial charge on any atom is -0.508 e. The lowest BCUT2D eigenvalue weighted by Crippen LogP contribution is -2.29. The average molecular weight is 437 g/mol. The van der Waals surface area contributed by atoms with Crippen molar-refractivity contribution in [3.63, 3.8) is 0 Å². The van der Waals surface area contributed by atoms with Gasteiger partial charge in [0.05, 0.1) is 0 Å². The third-order valence-corrected chi connectivity index (χ3v) is 6.10. The van der Waals surface area contributed by atoms with Crippen LogP contribution in [0.1, 0.15) is 47.1 Å². The second-order valence-electron chi connectivity index (χ2n) is 8.24. The smallest absolute Gasteiger partial charge is 0.308 e. The summed E-state index contributed by atoms with van der Waals surface area (Å²) in [5, 5.41) is 9.89. The first-order chi connectivity index (χ1) is 16.1. The van der Waals surface area contributed by atoms with Crippen LogP contribution < -0.4 is 9.47 Å². The molecule has 5 rings (SSSR count). The lowest BCUT2D eigenvalue weighted by atomic mass is 9.71. The Labute approximate surface area is 193 Å². The molecule has 0 amide bonds. The molecule has 1 N–H and O–H groups in total. The summed E-state index contributed by atoms with van der Waals surface area (Å²) in [7, 11) is 0. The number of para-hydroxylation sites is 1. The van der Waals surface area contributed by atoms with E-state index in [9.17, 15) is 9.90 Å². The molecule has 0 saturated carbocycles. The molecule has 0 bridgehead atoms. The molecule has 3 atom stereocenters. The molecule has 0 aromatic heterocycles. The molecule has 33 heavy (non-hydrogen) atoms. The summed E-state index contributed by atoms with van der Waals surface area (Å²) in [6.45, 7) is 1.39. The molecular formula is C29H24O4. The molecular weight excluding hydrogens is 412 g/mol. The molecule has 164 valence electrons. The number of hydrogen-bond acceptors (Lipinski definition) is 4. The third-order valence-electron chi connectivity index (χ3n) is 6.10. The molecule has 0 radical (unpaired) electrons. The van der Waals surface area contributed by atoms with Crippen molar-refractivity contribution in [2.75, 3.05) is 0 Å². The number of esters is 1. The van der Waals surface area contributed by atoms with E-state index in [0.717, 1.165) is 22.4 Å². The quantitative estimate of drug-likeness (QED) is 0.298. The van der Waals surface area contributed by atoms with Gasteiger partial charge >= 0.3 is 5.97 Å². The van der Waals surface area contributed by atoms with Gasteiger partial charge in [-0.1, -0.05) is 72.8 Å². The van der Waals surface area contributed by atoms with Crippen LogP contribution in [0.5, 0.6) is 17.2 Å². The number of hydrogen-bond donors (Lipinski definition) is 1. The molecule has 1 aliphatic rings. The predicted molar refractivity (Wildman–Crippen MR) is 127 cm³/mol. The van der Waals surface area contributed by atoms with Gasteiger partial charge in [-0.05, 0) is 47.0 Å². The normalized spacial score (nSPS) is 19.2. The Kier molecular flexibility index (Phi) is 5.57. The summed E-state index contributed by atoms with van der Waals surface area (Å²) in [6, 6.07) is 33.5. The van der Waals surface area contributed by atoms with Crippen molar-refractivity contribution in [2.24, 2.45) is 0 Å². The number of phenolic OH excluding ortho intramolecular Hbond substituents is 1. The van der Waals surface area contributed by atoms with Crippen LogP contribution in [0.4, 0.5) is 0 Å². The van der Waals surface area contributed by atoms with Crippen molar-refractivity contribution in [1.29, 1.82) is 0 Å². The highest BCUT2D eigenvalue weighted by Gasteiger charge is 2.40. The van der Waals surface area contributed by atoms with Crippen LogP contribution in [0.15, 0.2) is 103 Å². The number of aromatic hydroxyl groups is 1. The molecule has 0 spiro atoms. The van der Waals surface area contributed by atoms with E-state index in [1.807, 2.05) is 60.7 Å². The highest BCUT2D eigenvalue weighted by atomic mass is 16.5. The molecule has 1 aliphatic heterocycles. The summed E-state index contributed by atoms with van der Waals surface area (Å²) in [5.41, 5.74) is 4.39. The number of phenols is 1. The molecule has 4 aromatic rings. The van der Waals surface area contributed by atoms with Crippen LogP contribution in [-0.4, -0.2) is 11.1 Å². The number of carbonyl (C=O) groups excluding carboxylic acids is 1. The van der Waals surface area contributed by atoms with Crippen molar-refractivity contribution in [3.8, 4) is 17.2 Å². The van der Waals surface area contributed by atoms with E-state index in [4.69, 9.17) is 9.47 Å². The molecule has 0 aliphatic carbocycles. The fourth-order valence-corrected chi connectivity index (χ4v) is 4.70. The van der Waals surface area contributed by atoms with E-state index < -0.39 is 0 Å². The lowest BCUT2D eigenvalue weighted by molar-refractivity contribution is -0.131. The van der Waals surface area contributed by atoms with Crippen molar-refractivity contribution in [3.05, 3.63) is 125 Å². The third kappa shape index (κ3) is 4.20. The fourth-order valence-electron chi connectivity index (χ4n) is 4.70. The monoisotopic (exact) mass is 436 g/mol. The summed E-state index contributed by atoms with van der Waals surface area (Å²) in [5.74, 6) is 1.26. The fraction of sp³-hybridized carbons (Fsp3) is 0.138. The van der Waals surface area contributed by atoms with E-state index in [2.05, 4.69) is 18.2 Å². The Bertz CT molecular complexity index is 1250. The van der Waals surface area contributed by atoms with Gasteiger partial charge in [0.25, 0.3) is 0 Å². The first-order valence-electron chi connectivity index (χ1n) is 11.0. The maximum Gasteiger partial charge on any atom is 0.308 e. The summed E-state index contributed by atoms with van der Waals surface area (Å²) < 4.78 is 11.8. The Morgan fingerprint density at radius 2 is 1.39 bits per heavy atom. The van der Waals surface area contributed by atoms with E-state index in [1.54, 1.807) is 24.3 Å². The highest BCUT2D eigenvalue weighted by molar-refractivity contribution is 5.69. The zero-order valence-electron chi connectivity index (χ0n) is 18.2. The van der Waals surface area contributed by atoms with Gasteiger partial charge in [-0.2, -0.15) is 0 Å². The maximum atomic E-state index is 11.3. The van der Waals surface area contributed by atoms with Crippen LogP contribution in [0, 0.1) is 0 Å². The van der Waals surface area contributed by atoms with Crippen molar-refractivity contribution in [2.45, 2.75) is 24.9 Å². The van der Waals surface area contributed by atoms with E-state index in [-0.39, 0.29) is 29.7 Å². The zero-order chi connectivity index (χ0) is 22.8. The van der Waals surface area contributed by atoms with Crippen LogP contribution in [0.3, 0.4) is 0 Å². The lowest BCUT2D eigenvalue weighted by Gasteiger charge is -2.40. The Morgan fingerprint density at radius 3 is 2.09 bits per heavy atom. The van der Waals surface area contributed by atoms with Crippen LogP contribution >= 0.6 is 0 Å². The number of benzene rings is 4. The largest absolute Gasteiger partial charge is 0.508 e. The standard InChI is InChI=1S/C29H24O4/c1-19(30)32-24-17-13-22(14-18-24)29-28(20-7-3-2-4-8-20)27(21-11-15-23(31)16-12-21)25-9-5-6-10-26(25)33-29/h2-18,27-29,31H,1H3/t27-,28+,29-/m0/s1. The van der Waals surface area contributed by atoms with Gasteiger partial charge in [-0.3, -0.25) is 4.79 Å². The van der Waals surface area contributed by atoms with Gasteiger partial charge in [0.15, 0.2) is 0 Å². The van der Waals surface area contributed by atoms with Crippen LogP contribution in [0.2, 0.25) is 0 Å². The van der Waals surface area contributed by atoms with Gasteiger partial charge < -0.3 is 14.6 Å². The van der Waals surface area contributed by atoms with Gasteiger partial charge in [-0.15, -0.1) is 0 Å². The number of ether oxygens (including phenoxy) is 2. The van der Waals surface area contributed by atoms with E-state index in [1.165, 1.54) is 12.5 Å². The van der Waals surface area contributed by atoms with Gasteiger partial charge in [0.1, 0.15) is 23.4 Å². The highest BCUT2D eigenvalue weighted by Crippen LogP contribution is 2.53. The molecule has 4 aromatic carbocycles. The Balaban J connectivity index is 1.66. The van der Waals surface area contributed by atoms with Gasteiger partial charge in [0, 0.05) is 24.3 Å². The summed E-state index contributed by atoms with van der Waals surface area (Å²) >= 11 is 0. The zero-order valence-corrected chi connectivity index (χ0v) is 18.2. The second kappa shape index (κ2) is 8.83. The van der Waals surface area contributed by atoms with Crippen LogP contribution in [0.25, 0.3) is 0 Å². The minimum atomic E-state index is -0.347. The molecule has 4 nitrogen and oxygen atoms in total. The minimum absolute atomic E-state index is 0.00906. The van der Waals surface area contributed by atoms with Crippen molar-refractivity contribution in [1.82, 2.24) is 0 Å². The van der Waals surface area contributed by atoms with E-state index in [0.29, 0.717) is 5.75 Å². The maximum absolute atomic E-state index is 11.3. The number of carbonyl (C=O) groups is 1. The average Bonchev–Trinajstić information content (AvgIpc) is 2.84. The first kappa shape index (κ1) is 20.8. The molecule has 4 heteroatoms. The molecule has 1 heterocycles. The molecule has 0 unspecified atom stereocenters. The second-order valence-corrected chi connectivity index (χ2v) is 8.24. The van der Waals surface area contributed by atoms with E-state index >= 15 is 0 Å². The Morgan fingerprint density at radius 1 is 0.758 bits per heavy atom. The molecule has 0 fully saturated rings.